The predicted octanol–water partition coefficient (Wildman–Crippen LogP) is 2.18. The molecule has 1 aromatic heterocycles. The van der Waals surface area contributed by atoms with E-state index in [1.165, 1.54) is 19.3 Å². The van der Waals surface area contributed by atoms with Crippen molar-refractivity contribution in [1.29, 1.82) is 0 Å². The largest absolute Gasteiger partial charge is 0.357 e. The lowest BCUT2D eigenvalue weighted by molar-refractivity contribution is 0.399. The molecular weight excluding hydrogens is 198 g/mol. The van der Waals surface area contributed by atoms with Gasteiger partial charge in [-0.1, -0.05) is 13.0 Å². The number of rotatable bonds is 5. The summed E-state index contributed by atoms with van der Waals surface area (Å²) >= 11 is 0. The number of aromatic nitrogens is 1. The molecule has 1 fully saturated rings. The van der Waals surface area contributed by atoms with Crippen LogP contribution in [0.15, 0.2) is 18.2 Å². The Balaban J connectivity index is 2.02. The molecule has 1 aromatic rings. The standard InChI is InChI=1S/C13H21N3/c1-3-14-10-11-6-4-9-13(15-11)16(2)12-7-5-8-12/h4,6,9,12,14H,3,5,7-8,10H2,1-2H3. The summed E-state index contributed by atoms with van der Waals surface area (Å²) in [6, 6.07) is 7.00. The van der Waals surface area contributed by atoms with Crippen molar-refractivity contribution >= 4 is 5.82 Å². The molecule has 0 saturated heterocycles. The first kappa shape index (κ1) is 11.4. The molecule has 1 aliphatic rings. The van der Waals surface area contributed by atoms with Crippen LogP contribution < -0.4 is 10.2 Å². The number of nitrogens with one attached hydrogen (secondary N) is 1. The Hall–Kier alpha value is -1.09. The van der Waals surface area contributed by atoms with Crippen LogP contribution in [-0.2, 0) is 6.54 Å². The van der Waals surface area contributed by atoms with Crippen LogP contribution in [0.1, 0.15) is 31.9 Å². The Kier molecular flexibility index (Phi) is 3.78. The van der Waals surface area contributed by atoms with Crippen LogP contribution in [0.5, 0.6) is 0 Å². The van der Waals surface area contributed by atoms with E-state index in [0.717, 1.165) is 24.6 Å². The molecule has 1 N–H and O–H groups in total. The summed E-state index contributed by atoms with van der Waals surface area (Å²) in [5.74, 6) is 1.11. The highest BCUT2D eigenvalue weighted by Crippen LogP contribution is 2.26. The normalized spacial score (nSPS) is 15.9. The summed E-state index contributed by atoms with van der Waals surface area (Å²) in [5.41, 5.74) is 1.13. The average Bonchev–Trinajstić information content (AvgIpc) is 2.24. The van der Waals surface area contributed by atoms with Crippen molar-refractivity contribution in [3.05, 3.63) is 23.9 Å². The van der Waals surface area contributed by atoms with Crippen LogP contribution in [0.4, 0.5) is 5.82 Å². The van der Waals surface area contributed by atoms with Crippen molar-refractivity contribution in [2.75, 3.05) is 18.5 Å². The third-order valence-electron chi connectivity index (χ3n) is 3.33. The van der Waals surface area contributed by atoms with E-state index in [-0.39, 0.29) is 0 Å². The zero-order valence-corrected chi connectivity index (χ0v) is 10.2. The van der Waals surface area contributed by atoms with Gasteiger partial charge in [-0.2, -0.15) is 0 Å². The lowest BCUT2D eigenvalue weighted by Gasteiger charge is -2.35. The van der Waals surface area contributed by atoms with Gasteiger partial charge in [-0.15, -0.1) is 0 Å². The van der Waals surface area contributed by atoms with Crippen molar-refractivity contribution < 1.29 is 0 Å². The Morgan fingerprint density at radius 1 is 1.44 bits per heavy atom. The van der Waals surface area contributed by atoms with Gasteiger partial charge in [0.25, 0.3) is 0 Å². The molecule has 0 atom stereocenters. The van der Waals surface area contributed by atoms with E-state index in [9.17, 15) is 0 Å². The second-order valence-electron chi connectivity index (χ2n) is 4.46. The maximum absolute atomic E-state index is 4.68. The quantitative estimate of drug-likeness (QED) is 0.822. The Morgan fingerprint density at radius 2 is 2.25 bits per heavy atom. The van der Waals surface area contributed by atoms with Crippen LogP contribution in [0, 0.1) is 0 Å². The second kappa shape index (κ2) is 5.30. The minimum absolute atomic E-state index is 0.710. The molecule has 0 spiro atoms. The van der Waals surface area contributed by atoms with Gasteiger partial charge in [-0.25, -0.2) is 4.98 Å². The minimum Gasteiger partial charge on any atom is -0.357 e. The van der Waals surface area contributed by atoms with E-state index in [0.29, 0.717) is 6.04 Å². The minimum atomic E-state index is 0.710. The van der Waals surface area contributed by atoms with Crippen molar-refractivity contribution in [2.24, 2.45) is 0 Å². The number of hydrogen-bond acceptors (Lipinski definition) is 3. The van der Waals surface area contributed by atoms with Gasteiger partial charge in [0, 0.05) is 19.6 Å². The van der Waals surface area contributed by atoms with Gasteiger partial charge >= 0.3 is 0 Å². The predicted molar refractivity (Wildman–Crippen MR) is 67.7 cm³/mol. The summed E-state index contributed by atoms with van der Waals surface area (Å²) in [5, 5.41) is 3.31. The summed E-state index contributed by atoms with van der Waals surface area (Å²) in [6.45, 7) is 3.97. The van der Waals surface area contributed by atoms with Gasteiger partial charge in [-0.05, 0) is 37.9 Å². The fourth-order valence-electron chi connectivity index (χ4n) is 1.98. The van der Waals surface area contributed by atoms with Crippen molar-refractivity contribution in [3.63, 3.8) is 0 Å². The first-order valence-electron chi connectivity index (χ1n) is 6.20. The maximum atomic E-state index is 4.68. The van der Waals surface area contributed by atoms with Gasteiger partial charge in [0.2, 0.25) is 0 Å². The van der Waals surface area contributed by atoms with E-state index in [1.54, 1.807) is 0 Å². The first-order chi connectivity index (χ1) is 7.81. The number of nitrogens with zero attached hydrogens (tertiary/aromatic N) is 2. The van der Waals surface area contributed by atoms with Crippen molar-refractivity contribution in [1.82, 2.24) is 10.3 Å². The molecule has 3 heteroatoms. The molecule has 1 heterocycles. The molecule has 0 unspecified atom stereocenters. The molecule has 88 valence electrons. The van der Waals surface area contributed by atoms with Crippen LogP contribution in [-0.4, -0.2) is 24.6 Å². The number of hydrogen-bond donors (Lipinski definition) is 1. The van der Waals surface area contributed by atoms with E-state index in [2.05, 4.69) is 47.4 Å². The molecule has 0 aliphatic heterocycles. The fraction of sp³-hybridized carbons (Fsp3) is 0.615. The molecule has 0 amide bonds. The highest BCUT2D eigenvalue weighted by atomic mass is 15.2. The highest BCUT2D eigenvalue weighted by Gasteiger charge is 2.22. The van der Waals surface area contributed by atoms with Gasteiger partial charge in [-0.3, -0.25) is 0 Å². The smallest absolute Gasteiger partial charge is 0.128 e. The van der Waals surface area contributed by atoms with Gasteiger partial charge in [0.05, 0.1) is 5.69 Å². The Labute approximate surface area is 97.9 Å². The molecule has 1 saturated carbocycles. The van der Waals surface area contributed by atoms with Crippen molar-refractivity contribution in [3.8, 4) is 0 Å². The van der Waals surface area contributed by atoms with Gasteiger partial charge in [0.15, 0.2) is 0 Å². The summed E-state index contributed by atoms with van der Waals surface area (Å²) < 4.78 is 0. The monoisotopic (exact) mass is 219 g/mol. The Bertz CT molecular complexity index is 334. The van der Waals surface area contributed by atoms with E-state index < -0.39 is 0 Å². The molecule has 0 bridgehead atoms. The molecule has 0 aromatic carbocycles. The zero-order chi connectivity index (χ0) is 11.4. The summed E-state index contributed by atoms with van der Waals surface area (Å²) in [6.07, 6.45) is 4.00. The zero-order valence-electron chi connectivity index (χ0n) is 10.2. The lowest BCUT2D eigenvalue weighted by Crippen LogP contribution is -2.37. The third-order valence-corrected chi connectivity index (χ3v) is 3.33. The van der Waals surface area contributed by atoms with Crippen LogP contribution in [0.2, 0.25) is 0 Å². The first-order valence-corrected chi connectivity index (χ1v) is 6.20. The fourth-order valence-corrected chi connectivity index (χ4v) is 1.98. The Morgan fingerprint density at radius 3 is 2.88 bits per heavy atom. The third kappa shape index (κ3) is 2.53. The molecule has 0 radical (unpaired) electrons. The van der Waals surface area contributed by atoms with Crippen LogP contribution >= 0.6 is 0 Å². The number of pyridine rings is 1. The summed E-state index contributed by atoms with van der Waals surface area (Å²) in [7, 11) is 2.16. The molecule has 16 heavy (non-hydrogen) atoms. The summed E-state index contributed by atoms with van der Waals surface area (Å²) in [4.78, 5) is 6.99. The van der Waals surface area contributed by atoms with E-state index >= 15 is 0 Å². The van der Waals surface area contributed by atoms with E-state index in [4.69, 9.17) is 0 Å². The molecule has 2 rings (SSSR count). The second-order valence-corrected chi connectivity index (χ2v) is 4.46. The molecule has 3 nitrogen and oxygen atoms in total. The van der Waals surface area contributed by atoms with Gasteiger partial charge in [0.1, 0.15) is 5.82 Å². The average molecular weight is 219 g/mol. The molecule has 1 aliphatic carbocycles. The molecular formula is C13H21N3. The lowest BCUT2D eigenvalue weighted by atomic mass is 9.92. The highest BCUT2D eigenvalue weighted by molar-refractivity contribution is 5.40. The maximum Gasteiger partial charge on any atom is 0.128 e. The van der Waals surface area contributed by atoms with Crippen LogP contribution in [0.25, 0.3) is 0 Å². The van der Waals surface area contributed by atoms with Gasteiger partial charge < -0.3 is 10.2 Å². The number of anilines is 1. The van der Waals surface area contributed by atoms with E-state index in [1.807, 2.05) is 0 Å². The van der Waals surface area contributed by atoms with Crippen LogP contribution in [0.3, 0.4) is 0 Å². The topological polar surface area (TPSA) is 28.2 Å². The SMILES string of the molecule is CCNCc1cccc(N(C)C2CCC2)n1. The van der Waals surface area contributed by atoms with Crippen molar-refractivity contribution in [2.45, 2.75) is 38.8 Å².